The maximum atomic E-state index is 12.6. The minimum atomic E-state index is 0.0528. The Morgan fingerprint density at radius 3 is 2.65 bits per heavy atom. The SMILES string of the molecule is Cc1cccc(N2CCN(C(=O)c3cc(C4CC4)[nH]n3)CC2)c1. The number of amides is 1. The molecule has 1 aromatic carbocycles. The number of H-pyrrole nitrogens is 1. The lowest BCUT2D eigenvalue weighted by molar-refractivity contribution is 0.0741. The second-order valence-electron chi connectivity index (χ2n) is 6.60. The van der Waals surface area contributed by atoms with Gasteiger partial charge in [0.15, 0.2) is 0 Å². The Morgan fingerprint density at radius 2 is 1.96 bits per heavy atom. The molecule has 1 saturated carbocycles. The molecule has 1 aromatic heterocycles. The van der Waals surface area contributed by atoms with Gasteiger partial charge in [0.2, 0.25) is 0 Å². The van der Waals surface area contributed by atoms with Gasteiger partial charge in [-0.2, -0.15) is 5.10 Å². The van der Waals surface area contributed by atoms with Crippen LogP contribution in [0.25, 0.3) is 0 Å². The molecule has 2 aromatic rings. The van der Waals surface area contributed by atoms with Crippen molar-refractivity contribution in [3.8, 4) is 0 Å². The number of aromatic nitrogens is 2. The Balaban J connectivity index is 1.39. The molecule has 2 aliphatic rings. The molecule has 1 aliphatic carbocycles. The lowest BCUT2D eigenvalue weighted by Gasteiger charge is -2.36. The number of piperazine rings is 1. The van der Waals surface area contributed by atoms with Crippen LogP contribution in [0.3, 0.4) is 0 Å². The number of aryl methyl sites for hydroxylation is 1. The van der Waals surface area contributed by atoms with Gasteiger partial charge in [-0.25, -0.2) is 0 Å². The van der Waals surface area contributed by atoms with E-state index in [1.54, 1.807) is 0 Å². The minimum Gasteiger partial charge on any atom is -0.368 e. The summed E-state index contributed by atoms with van der Waals surface area (Å²) < 4.78 is 0. The van der Waals surface area contributed by atoms with Gasteiger partial charge < -0.3 is 9.80 Å². The number of hydrogen-bond acceptors (Lipinski definition) is 3. The highest BCUT2D eigenvalue weighted by molar-refractivity contribution is 5.92. The number of aromatic amines is 1. The molecular weight excluding hydrogens is 288 g/mol. The third kappa shape index (κ3) is 2.96. The summed E-state index contributed by atoms with van der Waals surface area (Å²) in [5, 5.41) is 7.23. The molecule has 2 fully saturated rings. The van der Waals surface area contributed by atoms with Gasteiger partial charge in [-0.05, 0) is 43.5 Å². The van der Waals surface area contributed by atoms with Crippen LogP contribution in [0, 0.1) is 6.92 Å². The number of benzene rings is 1. The molecule has 1 amide bonds. The second-order valence-corrected chi connectivity index (χ2v) is 6.60. The average Bonchev–Trinajstić information content (AvgIpc) is 3.32. The lowest BCUT2D eigenvalue weighted by atomic mass is 10.2. The first-order valence-corrected chi connectivity index (χ1v) is 8.37. The third-order valence-electron chi connectivity index (χ3n) is 4.77. The van der Waals surface area contributed by atoms with Crippen LogP contribution in [-0.4, -0.2) is 47.2 Å². The van der Waals surface area contributed by atoms with Crippen molar-refractivity contribution in [3.05, 3.63) is 47.3 Å². The summed E-state index contributed by atoms with van der Waals surface area (Å²) in [5.74, 6) is 0.652. The Kier molecular flexibility index (Phi) is 3.56. The van der Waals surface area contributed by atoms with Crippen molar-refractivity contribution in [2.24, 2.45) is 0 Å². The molecule has 1 saturated heterocycles. The van der Waals surface area contributed by atoms with Gasteiger partial charge in [-0.3, -0.25) is 9.89 Å². The van der Waals surface area contributed by atoms with Crippen LogP contribution in [0.5, 0.6) is 0 Å². The van der Waals surface area contributed by atoms with Gasteiger partial charge >= 0.3 is 0 Å². The molecule has 23 heavy (non-hydrogen) atoms. The van der Waals surface area contributed by atoms with Crippen LogP contribution in [0.15, 0.2) is 30.3 Å². The Hall–Kier alpha value is -2.30. The first kappa shape index (κ1) is 14.3. The molecule has 0 spiro atoms. The number of nitrogens with zero attached hydrogens (tertiary/aromatic N) is 3. The highest BCUT2D eigenvalue weighted by Crippen LogP contribution is 2.39. The van der Waals surface area contributed by atoms with E-state index in [1.807, 2.05) is 11.0 Å². The number of anilines is 1. The Morgan fingerprint density at radius 1 is 1.17 bits per heavy atom. The van der Waals surface area contributed by atoms with Crippen LogP contribution in [0.1, 0.15) is 40.5 Å². The Labute approximate surface area is 136 Å². The van der Waals surface area contributed by atoms with Gasteiger partial charge in [0.1, 0.15) is 5.69 Å². The normalized spacial score (nSPS) is 18.3. The van der Waals surface area contributed by atoms with Crippen LogP contribution in [0.4, 0.5) is 5.69 Å². The maximum Gasteiger partial charge on any atom is 0.274 e. The van der Waals surface area contributed by atoms with E-state index < -0.39 is 0 Å². The smallest absolute Gasteiger partial charge is 0.274 e. The van der Waals surface area contributed by atoms with Gasteiger partial charge in [-0.15, -0.1) is 0 Å². The minimum absolute atomic E-state index is 0.0528. The topological polar surface area (TPSA) is 52.2 Å². The van der Waals surface area contributed by atoms with Crippen molar-refractivity contribution in [1.82, 2.24) is 15.1 Å². The molecule has 4 rings (SSSR count). The molecule has 0 atom stereocenters. The largest absolute Gasteiger partial charge is 0.368 e. The number of carbonyl (C=O) groups excluding carboxylic acids is 1. The first-order chi connectivity index (χ1) is 11.2. The van der Waals surface area contributed by atoms with Crippen LogP contribution in [-0.2, 0) is 0 Å². The highest BCUT2D eigenvalue weighted by Gasteiger charge is 2.28. The number of nitrogens with one attached hydrogen (secondary N) is 1. The van der Waals surface area contributed by atoms with Crippen LogP contribution >= 0.6 is 0 Å². The van der Waals surface area contributed by atoms with E-state index in [4.69, 9.17) is 0 Å². The third-order valence-corrected chi connectivity index (χ3v) is 4.77. The molecule has 120 valence electrons. The number of carbonyl (C=O) groups is 1. The summed E-state index contributed by atoms with van der Waals surface area (Å²) in [6.45, 7) is 5.35. The van der Waals surface area contributed by atoms with Gasteiger partial charge in [0, 0.05) is 43.5 Å². The summed E-state index contributed by atoms with van der Waals surface area (Å²) >= 11 is 0. The molecule has 0 bridgehead atoms. The lowest BCUT2D eigenvalue weighted by Crippen LogP contribution is -2.48. The molecule has 1 aliphatic heterocycles. The maximum absolute atomic E-state index is 12.6. The standard InChI is InChI=1S/C18H22N4O/c1-13-3-2-4-15(11-13)21-7-9-22(10-8-21)18(23)17-12-16(19-20-17)14-5-6-14/h2-4,11-12,14H,5-10H2,1H3,(H,19,20). The summed E-state index contributed by atoms with van der Waals surface area (Å²) in [5.41, 5.74) is 4.20. The average molecular weight is 310 g/mol. The molecular formula is C18H22N4O. The second kappa shape index (κ2) is 5.72. The van der Waals surface area contributed by atoms with Crippen molar-refractivity contribution in [2.45, 2.75) is 25.7 Å². The zero-order valence-electron chi connectivity index (χ0n) is 13.5. The van der Waals surface area contributed by atoms with E-state index in [0.717, 1.165) is 31.9 Å². The quantitative estimate of drug-likeness (QED) is 0.948. The summed E-state index contributed by atoms with van der Waals surface area (Å²) in [7, 11) is 0. The Bertz CT molecular complexity index is 711. The zero-order valence-corrected chi connectivity index (χ0v) is 13.5. The van der Waals surface area contributed by atoms with Crippen molar-refractivity contribution in [1.29, 1.82) is 0 Å². The fourth-order valence-corrected chi connectivity index (χ4v) is 3.20. The van der Waals surface area contributed by atoms with Crippen molar-refractivity contribution < 1.29 is 4.79 Å². The fraction of sp³-hybridized carbons (Fsp3) is 0.444. The van der Waals surface area contributed by atoms with E-state index in [1.165, 1.54) is 24.1 Å². The molecule has 0 unspecified atom stereocenters. The molecule has 5 heteroatoms. The summed E-state index contributed by atoms with van der Waals surface area (Å²) in [6.07, 6.45) is 2.43. The summed E-state index contributed by atoms with van der Waals surface area (Å²) in [4.78, 5) is 16.8. The van der Waals surface area contributed by atoms with Gasteiger partial charge in [-0.1, -0.05) is 12.1 Å². The van der Waals surface area contributed by atoms with Gasteiger partial charge in [0.25, 0.3) is 5.91 Å². The number of rotatable bonds is 3. The molecule has 1 N–H and O–H groups in total. The fourth-order valence-electron chi connectivity index (χ4n) is 3.20. The zero-order chi connectivity index (χ0) is 15.8. The van der Waals surface area contributed by atoms with E-state index in [9.17, 15) is 4.79 Å². The van der Waals surface area contributed by atoms with Crippen molar-refractivity contribution >= 4 is 11.6 Å². The monoisotopic (exact) mass is 310 g/mol. The van der Waals surface area contributed by atoms with Crippen LogP contribution < -0.4 is 4.90 Å². The highest BCUT2D eigenvalue weighted by atomic mass is 16.2. The van der Waals surface area contributed by atoms with E-state index in [-0.39, 0.29) is 5.91 Å². The summed E-state index contributed by atoms with van der Waals surface area (Å²) in [6, 6.07) is 10.5. The molecule has 0 radical (unpaired) electrons. The molecule has 2 heterocycles. The predicted octanol–water partition coefficient (Wildman–Crippen LogP) is 2.56. The van der Waals surface area contributed by atoms with E-state index in [0.29, 0.717) is 11.6 Å². The van der Waals surface area contributed by atoms with E-state index in [2.05, 4.69) is 46.3 Å². The van der Waals surface area contributed by atoms with Crippen molar-refractivity contribution in [2.75, 3.05) is 31.1 Å². The number of hydrogen-bond donors (Lipinski definition) is 1. The van der Waals surface area contributed by atoms with E-state index >= 15 is 0 Å². The molecule has 5 nitrogen and oxygen atoms in total. The van der Waals surface area contributed by atoms with Gasteiger partial charge in [0.05, 0.1) is 0 Å². The predicted molar refractivity (Wildman–Crippen MR) is 89.9 cm³/mol. The van der Waals surface area contributed by atoms with Crippen LogP contribution in [0.2, 0.25) is 0 Å². The first-order valence-electron chi connectivity index (χ1n) is 8.37. The van der Waals surface area contributed by atoms with Crippen molar-refractivity contribution in [3.63, 3.8) is 0 Å².